The lowest BCUT2D eigenvalue weighted by atomic mass is 10.1. The molecule has 4 nitrogen and oxygen atoms in total. The third-order valence-corrected chi connectivity index (χ3v) is 2.96. The predicted molar refractivity (Wildman–Crippen MR) is 67.5 cm³/mol. The number of anilines is 1. The highest BCUT2D eigenvalue weighted by molar-refractivity contribution is 5.50. The van der Waals surface area contributed by atoms with Crippen molar-refractivity contribution in [2.24, 2.45) is 0 Å². The average Bonchev–Trinajstić information content (AvgIpc) is 2.85. The lowest BCUT2D eigenvalue weighted by Crippen LogP contribution is -2.30. The van der Waals surface area contributed by atoms with Gasteiger partial charge in [0.05, 0.1) is 18.8 Å². The van der Waals surface area contributed by atoms with Crippen molar-refractivity contribution in [3.8, 4) is 5.75 Å². The zero-order valence-corrected chi connectivity index (χ0v) is 10.5. The van der Waals surface area contributed by atoms with E-state index in [9.17, 15) is 0 Å². The van der Waals surface area contributed by atoms with Crippen molar-refractivity contribution in [1.82, 2.24) is 4.98 Å². The van der Waals surface area contributed by atoms with Gasteiger partial charge in [-0.1, -0.05) is 0 Å². The van der Waals surface area contributed by atoms with Crippen LogP contribution in [0.1, 0.15) is 26.7 Å². The van der Waals surface area contributed by atoms with Gasteiger partial charge < -0.3 is 14.8 Å². The highest BCUT2D eigenvalue weighted by Gasteiger charge is 2.23. The van der Waals surface area contributed by atoms with Crippen molar-refractivity contribution in [1.29, 1.82) is 0 Å². The van der Waals surface area contributed by atoms with Gasteiger partial charge in [0, 0.05) is 12.8 Å². The third-order valence-electron chi connectivity index (χ3n) is 2.96. The second-order valence-corrected chi connectivity index (χ2v) is 4.27. The quantitative estimate of drug-likeness (QED) is 0.853. The minimum Gasteiger partial charge on any atom is -0.490 e. The molecular weight excluding hydrogens is 216 g/mol. The van der Waals surface area contributed by atoms with Crippen molar-refractivity contribution in [3.05, 3.63) is 18.3 Å². The first-order valence-electron chi connectivity index (χ1n) is 6.27. The largest absolute Gasteiger partial charge is 0.490 e. The van der Waals surface area contributed by atoms with Gasteiger partial charge in [-0.15, -0.1) is 0 Å². The van der Waals surface area contributed by atoms with Gasteiger partial charge in [-0.25, -0.2) is 4.98 Å². The molecule has 94 valence electrons. The molecule has 1 fully saturated rings. The maximum atomic E-state index is 5.66. The van der Waals surface area contributed by atoms with Crippen LogP contribution in [0.3, 0.4) is 0 Å². The Morgan fingerprint density at radius 1 is 1.65 bits per heavy atom. The van der Waals surface area contributed by atoms with Gasteiger partial charge in [-0.2, -0.15) is 0 Å². The minimum atomic E-state index is 0.256. The van der Waals surface area contributed by atoms with E-state index in [4.69, 9.17) is 9.47 Å². The molecule has 0 bridgehead atoms. The zero-order valence-electron chi connectivity index (χ0n) is 10.5. The predicted octanol–water partition coefficient (Wildman–Crippen LogP) is 2.46. The van der Waals surface area contributed by atoms with Crippen LogP contribution in [0.25, 0.3) is 0 Å². The van der Waals surface area contributed by atoms with E-state index in [0.29, 0.717) is 6.61 Å². The van der Waals surface area contributed by atoms with E-state index in [1.165, 1.54) is 0 Å². The summed E-state index contributed by atoms with van der Waals surface area (Å²) in [6.45, 7) is 5.62. The normalized spacial score (nSPS) is 21.2. The molecule has 0 radical (unpaired) electrons. The number of ether oxygens (including phenoxy) is 2. The van der Waals surface area contributed by atoms with Crippen LogP contribution in [-0.4, -0.2) is 30.3 Å². The van der Waals surface area contributed by atoms with E-state index in [0.717, 1.165) is 31.0 Å². The summed E-state index contributed by atoms with van der Waals surface area (Å²) in [5.74, 6) is 1.61. The summed E-state index contributed by atoms with van der Waals surface area (Å²) in [5.41, 5.74) is 0. The monoisotopic (exact) mass is 236 g/mol. The molecule has 1 N–H and O–H groups in total. The molecule has 0 aromatic carbocycles. The van der Waals surface area contributed by atoms with Gasteiger partial charge in [0.15, 0.2) is 11.6 Å². The summed E-state index contributed by atoms with van der Waals surface area (Å²) in [4.78, 5) is 4.32. The molecule has 0 aliphatic carbocycles. The zero-order chi connectivity index (χ0) is 12.1. The van der Waals surface area contributed by atoms with Crippen LogP contribution >= 0.6 is 0 Å². The van der Waals surface area contributed by atoms with Crippen LogP contribution in [0, 0.1) is 0 Å². The number of nitrogens with zero attached hydrogens (tertiary/aromatic N) is 1. The van der Waals surface area contributed by atoms with Crippen molar-refractivity contribution in [2.45, 2.75) is 38.8 Å². The first-order chi connectivity index (χ1) is 8.31. The Morgan fingerprint density at radius 3 is 3.24 bits per heavy atom. The summed E-state index contributed by atoms with van der Waals surface area (Å²) >= 11 is 0. The number of hydrogen-bond donors (Lipinski definition) is 1. The number of aromatic nitrogens is 1. The maximum absolute atomic E-state index is 5.66. The van der Waals surface area contributed by atoms with E-state index >= 15 is 0 Å². The molecule has 2 atom stereocenters. The number of pyridine rings is 1. The van der Waals surface area contributed by atoms with Gasteiger partial charge in [0.2, 0.25) is 0 Å². The van der Waals surface area contributed by atoms with Crippen molar-refractivity contribution >= 4 is 5.82 Å². The number of hydrogen-bond acceptors (Lipinski definition) is 4. The highest BCUT2D eigenvalue weighted by Crippen LogP contribution is 2.24. The second kappa shape index (κ2) is 5.87. The summed E-state index contributed by atoms with van der Waals surface area (Å²) in [6, 6.07) is 4.07. The molecule has 17 heavy (non-hydrogen) atoms. The van der Waals surface area contributed by atoms with Crippen LogP contribution in [0.15, 0.2) is 18.3 Å². The molecule has 0 amide bonds. The Balaban J connectivity index is 2.01. The number of rotatable bonds is 5. The SMILES string of the molecule is CCOc1cccnc1NC(C)C1CCCO1. The van der Waals surface area contributed by atoms with Crippen molar-refractivity contribution < 1.29 is 9.47 Å². The van der Waals surface area contributed by atoms with Gasteiger partial charge in [-0.3, -0.25) is 0 Å². The Bertz CT molecular complexity index is 351. The lowest BCUT2D eigenvalue weighted by Gasteiger charge is -2.21. The molecule has 0 saturated carbocycles. The van der Waals surface area contributed by atoms with E-state index in [1.54, 1.807) is 6.20 Å². The molecule has 1 aliphatic rings. The molecule has 2 rings (SSSR count). The molecule has 1 aromatic heterocycles. The number of nitrogens with one attached hydrogen (secondary N) is 1. The summed E-state index contributed by atoms with van der Waals surface area (Å²) in [7, 11) is 0. The highest BCUT2D eigenvalue weighted by atomic mass is 16.5. The average molecular weight is 236 g/mol. The smallest absolute Gasteiger partial charge is 0.169 e. The summed E-state index contributed by atoms with van der Waals surface area (Å²) < 4.78 is 11.2. The van der Waals surface area contributed by atoms with Crippen molar-refractivity contribution in [2.75, 3.05) is 18.5 Å². The molecule has 1 saturated heterocycles. The molecule has 1 aliphatic heterocycles. The fraction of sp³-hybridized carbons (Fsp3) is 0.615. The second-order valence-electron chi connectivity index (χ2n) is 4.27. The van der Waals surface area contributed by atoms with E-state index in [-0.39, 0.29) is 12.1 Å². The summed E-state index contributed by atoms with van der Waals surface area (Å²) in [6.07, 6.45) is 4.32. The van der Waals surface area contributed by atoms with Crippen LogP contribution in [0.4, 0.5) is 5.82 Å². The Hall–Kier alpha value is -1.29. The topological polar surface area (TPSA) is 43.4 Å². The van der Waals surface area contributed by atoms with E-state index in [2.05, 4.69) is 17.2 Å². The van der Waals surface area contributed by atoms with Crippen LogP contribution in [0.2, 0.25) is 0 Å². The molecule has 0 spiro atoms. The fourth-order valence-electron chi connectivity index (χ4n) is 2.08. The Kier molecular flexibility index (Phi) is 4.20. The molecule has 1 aromatic rings. The van der Waals surface area contributed by atoms with Crippen LogP contribution in [0.5, 0.6) is 5.75 Å². The lowest BCUT2D eigenvalue weighted by molar-refractivity contribution is 0.0995. The van der Waals surface area contributed by atoms with Gasteiger partial charge in [0.25, 0.3) is 0 Å². The molecular formula is C13H20N2O2. The summed E-state index contributed by atoms with van der Waals surface area (Å²) in [5, 5.41) is 3.38. The van der Waals surface area contributed by atoms with Crippen LogP contribution in [-0.2, 0) is 4.74 Å². The Morgan fingerprint density at radius 2 is 2.53 bits per heavy atom. The van der Waals surface area contributed by atoms with Gasteiger partial charge >= 0.3 is 0 Å². The Labute approximate surface area is 102 Å². The maximum Gasteiger partial charge on any atom is 0.169 e. The third kappa shape index (κ3) is 3.09. The molecule has 2 heterocycles. The van der Waals surface area contributed by atoms with Gasteiger partial charge in [0.1, 0.15) is 0 Å². The molecule has 4 heteroatoms. The fourth-order valence-corrected chi connectivity index (χ4v) is 2.08. The van der Waals surface area contributed by atoms with Crippen molar-refractivity contribution in [3.63, 3.8) is 0 Å². The van der Waals surface area contributed by atoms with E-state index < -0.39 is 0 Å². The van der Waals surface area contributed by atoms with Gasteiger partial charge in [-0.05, 0) is 38.8 Å². The molecule has 2 unspecified atom stereocenters. The van der Waals surface area contributed by atoms with E-state index in [1.807, 2.05) is 19.1 Å². The van der Waals surface area contributed by atoms with Crippen LogP contribution < -0.4 is 10.1 Å². The minimum absolute atomic E-state index is 0.256. The first kappa shape index (κ1) is 12.2. The standard InChI is InChI=1S/C13H20N2O2/c1-3-16-12-6-4-8-14-13(12)15-10(2)11-7-5-9-17-11/h4,6,8,10-11H,3,5,7,9H2,1-2H3,(H,14,15). The first-order valence-corrected chi connectivity index (χ1v) is 6.27.